The molecule has 39 heavy (non-hydrogen) atoms. The lowest BCUT2D eigenvalue weighted by atomic mass is 10.1. The van der Waals surface area contributed by atoms with Gasteiger partial charge in [-0.3, -0.25) is 0 Å². The van der Waals surface area contributed by atoms with Crippen LogP contribution in [0.4, 0.5) is 11.4 Å². The lowest BCUT2D eigenvalue weighted by molar-refractivity contribution is 1.18. The van der Waals surface area contributed by atoms with Crippen LogP contribution >= 0.6 is 8.73 Å². The van der Waals surface area contributed by atoms with Gasteiger partial charge < -0.3 is 9.24 Å². The second-order valence-corrected chi connectivity index (χ2v) is 10.6. The number of fused-ring (bicyclic) bond motifs is 3. The summed E-state index contributed by atoms with van der Waals surface area (Å²) in [4.78, 5) is 5.14. The van der Waals surface area contributed by atoms with Gasteiger partial charge in [0, 0.05) is 42.1 Å². The van der Waals surface area contributed by atoms with Gasteiger partial charge in [-0.1, -0.05) is 91.0 Å². The van der Waals surface area contributed by atoms with Gasteiger partial charge in [-0.05, 0) is 60.7 Å². The van der Waals surface area contributed by atoms with Crippen molar-refractivity contribution in [3.05, 3.63) is 152 Å². The van der Waals surface area contributed by atoms with Gasteiger partial charge in [0.05, 0.1) is 22.2 Å². The van der Waals surface area contributed by atoms with Crippen LogP contribution < -0.4 is 10.1 Å². The Balaban J connectivity index is 1.28. The van der Waals surface area contributed by atoms with Gasteiger partial charge in [0.1, 0.15) is 0 Å². The average molecular weight is 520 g/mol. The zero-order valence-electron chi connectivity index (χ0n) is 21.3. The summed E-state index contributed by atoms with van der Waals surface area (Å²) in [6.45, 7) is 0. The van der Waals surface area contributed by atoms with Crippen molar-refractivity contribution < 1.29 is 0 Å². The number of hydrogen-bond donors (Lipinski definition) is 0. The summed E-state index contributed by atoms with van der Waals surface area (Å²) in [5.41, 5.74) is 8.99. The highest BCUT2D eigenvalue weighted by Gasteiger charge is 2.14. The molecule has 0 radical (unpaired) electrons. The van der Waals surface area contributed by atoms with Crippen LogP contribution in [0.15, 0.2) is 152 Å². The molecule has 0 spiro atoms. The van der Waals surface area contributed by atoms with Crippen molar-refractivity contribution in [2.45, 2.75) is 0 Å². The Labute approximate surface area is 229 Å². The molecule has 0 N–H and O–H groups in total. The lowest BCUT2D eigenvalue weighted by Crippen LogP contribution is -2.13. The van der Waals surface area contributed by atoms with Crippen LogP contribution in [0, 0.1) is 0 Å². The number of hydrogen-bond acceptors (Lipinski definition) is 2. The van der Waals surface area contributed by atoms with E-state index >= 15 is 0 Å². The maximum absolute atomic E-state index is 5.14. The minimum Gasteiger partial charge on any atom is -0.317 e. The minimum atomic E-state index is 0.358. The second-order valence-electron chi connectivity index (χ2n) is 9.45. The van der Waals surface area contributed by atoms with Crippen LogP contribution in [0.2, 0.25) is 0 Å². The van der Waals surface area contributed by atoms with Crippen LogP contribution in [0.5, 0.6) is 0 Å². The van der Waals surface area contributed by atoms with Gasteiger partial charge in [0.2, 0.25) is 0 Å². The normalized spacial score (nSPS) is 11.5. The molecule has 0 aliphatic rings. The summed E-state index contributed by atoms with van der Waals surface area (Å²) >= 11 is 0. The quantitative estimate of drug-likeness (QED) is 0.205. The van der Waals surface area contributed by atoms with E-state index in [9.17, 15) is 0 Å². The molecule has 0 saturated carbocycles. The van der Waals surface area contributed by atoms with Crippen molar-refractivity contribution in [3.8, 4) is 16.9 Å². The van der Waals surface area contributed by atoms with Crippen molar-refractivity contribution in [1.82, 2.24) is 9.55 Å². The van der Waals surface area contributed by atoms with E-state index < -0.39 is 0 Å². The molecule has 4 heteroatoms. The molecule has 0 aliphatic heterocycles. The van der Waals surface area contributed by atoms with Crippen LogP contribution in [-0.2, 0) is 0 Å². The molecule has 0 fully saturated rings. The summed E-state index contributed by atoms with van der Waals surface area (Å²) in [6.07, 6.45) is 0. The largest absolute Gasteiger partial charge is 0.317 e. The van der Waals surface area contributed by atoms with Gasteiger partial charge >= 0.3 is 0 Å². The molecular formula is C35H26N3P. The number of pyridine rings is 1. The van der Waals surface area contributed by atoms with Crippen LogP contribution in [0.3, 0.4) is 0 Å². The van der Waals surface area contributed by atoms with Gasteiger partial charge in [0.15, 0.2) is 0 Å². The number of nitrogens with zero attached hydrogens (tertiary/aromatic N) is 3. The highest BCUT2D eigenvalue weighted by molar-refractivity contribution is 7.49. The number of aromatic nitrogens is 2. The van der Waals surface area contributed by atoms with Crippen LogP contribution in [0.1, 0.15) is 0 Å². The van der Waals surface area contributed by atoms with Crippen molar-refractivity contribution in [3.63, 3.8) is 0 Å². The van der Waals surface area contributed by atoms with Crippen molar-refractivity contribution in [1.29, 1.82) is 0 Å². The molecule has 3 nitrogen and oxygen atoms in total. The first-order chi connectivity index (χ1) is 19.3. The SMILES string of the molecule is c1ccc(N(Pc2cccc(-c3cccc(-n4c5ccccc5c5ccccc54)c3)n2)c2ccccc2)cc1. The van der Waals surface area contributed by atoms with E-state index in [1.807, 2.05) is 0 Å². The Bertz CT molecular complexity index is 1800. The number of para-hydroxylation sites is 4. The first kappa shape index (κ1) is 23.4. The molecule has 186 valence electrons. The molecule has 1 unspecified atom stereocenters. The van der Waals surface area contributed by atoms with Crippen LogP contribution in [0.25, 0.3) is 38.8 Å². The number of rotatable bonds is 6. The molecular weight excluding hydrogens is 493 g/mol. The van der Waals surface area contributed by atoms with E-state index in [1.54, 1.807) is 0 Å². The van der Waals surface area contributed by atoms with E-state index in [2.05, 4.69) is 161 Å². The first-order valence-electron chi connectivity index (χ1n) is 13.1. The molecule has 0 amide bonds. The van der Waals surface area contributed by atoms with Gasteiger partial charge in [0.25, 0.3) is 0 Å². The van der Waals surface area contributed by atoms with Gasteiger partial charge in [-0.15, -0.1) is 0 Å². The molecule has 2 aromatic heterocycles. The van der Waals surface area contributed by atoms with Gasteiger partial charge in [-0.25, -0.2) is 4.98 Å². The van der Waals surface area contributed by atoms with E-state index in [4.69, 9.17) is 4.98 Å². The fraction of sp³-hybridized carbons (Fsp3) is 0. The lowest BCUT2D eigenvalue weighted by Gasteiger charge is -2.24. The Morgan fingerprint density at radius 1 is 0.513 bits per heavy atom. The average Bonchev–Trinajstić information content (AvgIpc) is 3.35. The number of benzene rings is 5. The zero-order chi connectivity index (χ0) is 26.0. The second kappa shape index (κ2) is 10.2. The molecule has 0 aliphatic carbocycles. The maximum Gasteiger partial charge on any atom is 0.0818 e. The summed E-state index contributed by atoms with van der Waals surface area (Å²) in [6, 6.07) is 53.4. The van der Waals surface area contributed by atoms with Crippen molar-refractivity contribution >= 4 is 47.3 Å². The molecule has 1 atom stereocenters. The first-order valence-corrected chi connectivity index (χ1v) is 14.0. The van der Waals surface area contributed by atoms with E-state index in [0.29, 0.717) is 8.73 Å². The molecule has 5 aromatic carbocycles. The topological polar surface area (TPSA) is 21.1 Å². The monoisotopic (exact) mass is 519 g/mol. The van der Waals surface area contributed by atoms with Crippen molar-refractivity contribution in [2.75, 3.05) is 4.67 Å². The van der Waals surface area contributed by atoms with Gasteiger partial charge in [-0.2, -0.15) is 0 Å². The highest BCUT2D eigenvalue weighted by atomic mass is 31.1. The molecule has 0 bridgehead atoms. The Kier molecular flexibility index (Phi) is 6.13. The third-order valence-corrected chi connectivity index (χ3v) is 8.23. The Morgan fingerprint density at radius 2 is 1.08 bits per heavy atom. The minimum absolute atomic E-state index is 0.358. The molecule has 7 aromatic rings. The molecule has 7 rings (SSSR count). The Hall–Kier alpha value is -4.72. The standard InChI is InChI=1S/C35H26N3P/c1-3-14-27(15-4-1)38(28-16-5-2-6-17-28)39-35-24-12-21-32(36-35)26-13-11-18-29(25-26)37-33-22-9-7-19-30(33)31-20-8-10-23-34(31)37/h1-25,39H. The number of anilines is 2. The fourth-order valence-electron chi connectivity index (χ4n) is 5.21. The van der Waals surface area contributed by atoms with Crippen molar-refractivity contribution in [2.24, 2.45) is 0 Å². The third kappa shape index (κ3) is 4.48. The smallest absolute Gasteiger partial charge is 0.0818 e. The summed E-state index contributed by atoms with van der Waals surface area (Å²) in [5, 5.41) is 2.53. The van der Waals surface area contributed by atoms with E-state index in [-0.39, 0.29) is 0 Å². The summed E-state index contributed by atoms with van der Waals surface area (Å²) < 4.78 is 4.69. The molecule has 0 saturated heterocycles. The predicted octanol–water partition coefficient (Wildman–Crippen LogP) is 8.90. The maximum atomic E-state index is 5.14. The van der Waals surface area contributed by atoms with E-state index in [0.717, 1.165) is 33.8 Å². The van der Waals surface area contributed by atoms with Crippen LogP contribution in [-0.4, -0.2) is 9.55 Å². The highest BCUT2D eigenvalue weighted by Crippen LogP contribution is 2.36. The zero-order valence-corrected chi connectivity index (χ0v) is 22.3. The predicted molar refractivity (Wildman–Crippen MR) is 167 cm³/mol. The van der Waals surface area contributed by atoms with E-state index in [1.165, 1.54) is 21.8 Å². The summed E-state index contributed by atoms with van der Waals surface area (Å²) in [7, 11) is 0.358. The summed E-state index contributed by atoms with van der Waals surface area (Å²) in [5.74, 6) is 0. The third-order valence-electron chi connectivity index (χ3n) is 6.98. The fourth-order valence-corrected chi connectivity index (χ4v) is 6.34. The Morgan fingerprint density at radius 3 is 1.72 bits per heavy atom. The molecule has 2 heterocycles.